The highest BCUT2D eigenvalue weighted by molar-refractivity contribution is 6.98. The molecule has 0 saturated carbocycles. The Morgan fingerprint density at radius 3 is 1.80 bits per heavy atom. The van der Waals surface area contributed by atoms with Crippen molar-refractivity contribution in [2.45, 2.75) is 32.1 Å². The largest absolute Gasteiger partial charge is 0.458 e. The third-order valence-electron chi connectivity index (χ3n) is 12.1. The summed E-state index contributed by atoms with van der Waals surface area (Å²) in [4.78, 5) is 0. The average Bonchev–Trinajstić information content (AvgIpc) is 3.22. The van der Waals surface area contributed by atoms with Crippen LogP contribution in [0.1, 0.15) is 32.3 Å². The van der Waals surface area contributed by atoms with E-state index in [0.717, 1.165) is 46.9 Å². The van der Waals surface area contributed by atoms with E-state index in [1.807, 2.05) is 0 Å². The van der Waals surface area contributed by atoms with Crippen LogP contribution in [0.25, 0.3) is 54.6 Å². The monoisotopic (exact) mass is 692 g/mol. The van der Waals surface area contributed by atoms with Crippen molar-refractivity contribution in [3.05, 3.63) is 175 Å². The maximum absolute atomic E-state index is 6.96. The number of hydrogen-bond acceptors (Lipinski definition) is 2. The normalized spacial score (nSPS) is 14.3. The number of allylic oxidation sites excluding steroid dienone is 4. The predicted octanol–water partition coefficient (Wildman–Crippen LogP) is 11.8. The van der Waals surface area contributed by atoms with Crippen LogP contribution >= 0.6 is 0 Å². The molecule has 0 radical (unpaired) electrons. The minimum atomic E-state index is -0.134. The zero-order valence-electron chi connectivity index (χ0n) is 30.4. The van der Waals surface area contributed by atoms with Gasteiger partial charge in [0.1, 0.15) is 23.0 Å². The summed E-state index contributed by atoms with van der Waals surface area (Å²) < 4.78 is 13.8. The van der Waals surface area contributed by atoms with Gasteiger partial charge in [-0.25, -0.2) is 0 Å². The lowest BCUT2D eigenvalue weighted by Gasteiger charge is -2.35. The molecule has 8 aromatic rings. The Kier molecular flexibility index (Phi) is 6.85. The predicted molar refractivity (Wildman–Crippen MR) is 227 cm³/mol. The van der Waals surface area contributed by atoms with Crippen molar-refractivity contribution in [2.75, 3.05) is 0 Å². The summed E-state index contributed by atoms with van der Waals surface area (Å²) in [7, 11) is 0. The topological polar surface area (TPSA) is 18.5 Å². The Morgan fingerprint density at radius 2 is 1.11 bits per heavy atom. The van der Waals surface area contributed by atoms with Crippen molar-refractivity contribution in [3.8, 4) is 45.3 Å². The molecular weight excluding hydrogens is 655 g/mol. The van der Waals surface area contributed by atoms with E-state index in [4.69, 9.17) is 9.47 Å². The van der Waals surface area contributed by atoms with Crippen LogP contribution in [0.2, 0.25) is 0 Å². The summed E-state index contributed by atoms with van der Waals surface area (Å²) >= 11 is 0. The standard InChI is InChI=1S/C51H37BO2/c1-51(2,36-16-4-3-5-17-36)37-26-27-45-43(31-37)52-42-22-12-13-23-44(42)53-46-29-35(30-47(54-45)50(46)52)49-40-20-10-8-18-38(40)48(39-19-9-11-21-41(39)49)34-25-24-32-14-6-7-15-33(32)28-34/h4,6-31H,3,5H2,1-2H3. The van der Waals surface area contributed by atoms with Crippen LogP contribution in [-0.2, 0) is 5.41 Å². The fraction of sp³-hybridized carbons (Fsp3) is 0.0980. The van der Waals surface area contributed by atoms with E-state index in [9.17, 15) is 0 Å². The first kappa shape index (κ1) is 31.2. The number of rotatable bonds is 4. The lowest BCUT2D eigenvalue weighted by Crippen LogP contribution is -2.57. The first-order valence-corrected chi connectivity index (χ1v) is 19.1. The van der Waals surface area contributed by atoms with Crippen LogP contribution in [0.5, 0.6) is 23.0 Å². The SMILES string of the molecule is CC(C)(C1=CCCC=C1)c1ccc2c(c1)B1c3ccccc3Oc3cc(-c4c5ccccc5c(-c5ccc6ccccc6c5)c5ccccc45)cc(c31)O2. The van der Waals surface area contributed by atoms with Gasteiger partial charge in [0.15, 0.2) is 0 Å². The van der Waals surface area contributed by atoms with E-state index < -0.39 is 0 Å². The first-order chi connectivity index (χ1) is 26.5. The second-order valence-electron chi connectivity index (χ2n) is 15.5. The zero-order valence-corrected chi connectivity index (χ0v) is 30.4. The van der Waals surface area contributed by atoms with Gasteiger partial charge in [-0.15, -0.1) is 0 Å². The molecule has 256 valence electrons. The summed E-state index contributed by atoms with van der Waals surface area (Å²) in [6, 6.07) is 53.0. The van der Waals surface area contributed by atoms with Gasteiger partial charge in [-0.1, -0.05) is 147 Å². The summed E-state index contributed by atoms with van der Waals surface area (Å²) in [6.45, 7) is 4.67. The Bertz CT molecular complexity index is 2860. The van der Waals surface area contributed by atoms with Crippen molar-refractivity contribution < 1.29 is 9.47 Å². The first-order valence-electron chi connectivity index (χ1n) is 19.1. The van der Waals surface area contributed by atoms with Crippen LogP contribution < -0.4 is 25.9 Å². The summed E-state index contributed by atoms with van der Waals surface area (Å²) in [5.41, 5.74) is 10.7. The van der Waals surface area contributed by atoms with Crippen LogP contribution in [0, 0.1) is 0 Å². The molecule has 8 aromatic carbocycles. The summed E-state index contributed by atoms with van der Waals surface area (Å²) in [6.07, 6.45) is 9.21. The quantitative estimate of drug-likeness (QED) is 0.135. The second-order valence-corrected chi connectivity index (χ2v) is 15.5. The molecule has 0 atom stereocenters. The molecule has 0 aromatic heterocycles. The number of fused-ring (bicyclic) bond motifs is 7. The van der Waals surface area contributed by atoms with Crippen LogP contribution in [0.4, 0.5) is 0 Å². The van der Waals surface area contributed by atoms with Gasteiger partial charge in [0.05, 0.1) is 0 Å². The molecule has 54 heavy (non-hydrogen) atoms. The molecule has 2 heterocycles. The minimum Gasteiger partial charge on any atom is -0.458 e. The lowest BCUT2D eigenvalue weighted by molar-refractivity contribution is 0.464. The van der Waals surface area contributed by atoms with Crippen molar-refractivity contribution in [1.82, 2.24) is 0 Å². The van der Waals surface area contributed by atoms with E-state index >= 15 is 0 Å². The molecule has 0 bridgehead atoms. The Morgan fingerprint density at radius 1 is 0.500 bits per heavy atom. The maximum atomic E-state index is 6.96. The van der Waals surface area contributed by atoms with Gasteiger partial charge in [0.2, 0.25) is 0 Å². The van der Waals surface area contributed by atoms with E-state index in [2.05, 4.69) is 178 Å². The molecular formula is C51H37BO2. The Labute approximate surface area is 316 Å². The number of para-hydroxylation sites is 1. The van der Waals surface area contributed by atoms with Gasteiger partial charge in [0.25, 0.3) is 6.71 Å². The van der Waals surface area contributed by atoms with Gasteiger partial charge in [-0.3, -0.25) is 0 Å². The van der Waals surface area contributed by atoms with Crippen molar-refractivity contribution >= 4 is 55.4 Å². The molecule has 0 amide bonds. The third kappa shape index (κ3) is 4.68. The molecule has 1 aliphatic carbocycles. The Balaban J connectivity index is 1.13. The van der Waals surface area contributed by atoms with Crippen molar-refractivity contribution in [2.24, 2.45) is 0 Å². The van der Waals surface area contributed by atoms with Gasteiger partial charge >= 0.3 is 0 Å². The highest BCUT2D eigenvalue weighted by atomic mass is 16.5. The molecule has 0 spiro atoms. The average molecular weight is 693 g/mol. The van der Waals surface area contributed by atoms with Crippen LogP contribution in [0.3, 0.4) is 0 Å². The van der Waals surface area contributed by atoms with Crippen molar-refractivity contribution in [3.63, 3.8) is 0 Å². The zero-order chi connectivity index (χ0) is 36.0. The summed E-state index contributed by atoms with van der Waals surface area (Å²) in [5, 5.41) is 7.34. The fourth-order valence-electron chi connectivity index (χ4n) is 9.32. The number of ether oxygens (including phenoxy) is 2. The van der Waals surface area contributed by atoms with Gasteiger partial charge in [-0.05, 0) is 120 Å². The molecule has 3 aliphatic rings. The highest BCUT2D eigenvalue weighted by Gasteiger charge is 2.41. The fourth-order valence-corrected chi connectivity index (χ4v) is 9.32. The number of hydrogen-bond donors (Lipinski definition) is 0. The van der Waals surface area contributed by atoms with E-state index in [1.54, 1.807) is 0 Å². The third-order valence-corrected chi connectivity index (χ3v) is 12.1. The second kappa shape index (κ2) is 11.8. The maximum Gasteiger partial charge on any atom is 0.260 e. The van der Waals surface area contributed by atoms with E-state index in [-0.39, 0.29) is 12.1 Å². The van der Waals surface area contributed by atoms with E-state index in [0.29, 0.717) is 0 Å². The Hall–Kier alpha value is -6.32. The molecule has 3 heteroatoms. The van der Waals surface area contributed by atoms with Gasteiger partial charge in [-0.2, -0.15) is 0 Å². The molecule has 2 aliphatic heterocycles. The highest BCUT2D eigenvalue weighted by Crippen LogP contribution is 2.47. The minimum absolute atomic E-state index is 0.00635. The number of benzene rings is 8. The molecule has 0 N–H and O–H groups in total. The van der Waals surface area contributed by atoms with Crippen LogP contribution in [-0.4, -0.2) is 6.71 Å². The lowest BCUT2D eigenvalue weighted by atomic mass is 9.34. The van der Waals surface area contributed by atoms with Gasteiger partial charge in [0, 0.05) is 10.9 Å². The summed E-state index contributed by atoms with van der Waals surface area (Å²) in [5.74, 6) is 3.51. The van der Waals surface area contributed by atoms with E-state index in [1.165, 1.54) is 71.1 Å². The van der Waals surface area contributed by atoms with Crippen molar-refractivity contribution in [1.29, 1.82) is 0 Å². The van der Waals surface area contributed by atoms with Gasteiger partial charge < -0.3 is 9.47 Å². The molecule has 0 unspecified atom stereocenters. The molecule has 0 saturated heterocycles. The molecule has 11 rings (SSSR count). The molecule has 0 fully saturated rings. The van der Waals surface area contributed by atoms with Crippen LogP contribution in [0.15, 0.2) is 169 Å². The molecule has 2 nitrogen and oxygen atoms in total. The smallest absolute Gasteiger partial charge is 0.260 e.